The van der Waals surface area contributed by atoms with E-state index in [4.69, 9.17) is 4.74 Å². The van der Waals surface area contributed by atoms with Crippen molar-refractivity contribution in [3.63, 3.8) is 0 Å². The van der Waals surface area contributed by atoms with E-state index in [1.54, 1.807) is 0 Å². The summed E-state index contributed by atoms with van der Waals surface area (Å²) in [5.74, 6) is 1.02. The van der Waals surface area contributed by atoms with Crippen LogP contribution in [0.5, 0.6) is 5.75 Å². The van der Waals surface area contributed by atoms with E-state index in [2.05, 4.69) is 61.5 Å². The fourth-order valence-corrected chi connectivity index (χ4v) is 7.49. The molecule has 0 amide bonds. The van der Waals surface area contributed by atoms with Gasteiger partial charge in [-0.3, -0.25) is 0 Å². The van der Waals surface area contributed by atoms with Gasteiger partial charge in [-0.15, -0.1) is 0 Å². The number of hydrogen-bond donors (Lipinski definition) is 0. The monoisotopic (exact) mass is 647 g/mol. The van der Waals surface area contributed by atoms with Gasteiger partial charge in [0.2, 0.25) is 0 Å². The van der Waals surface area contributed by atoms with Gasteiger partial charge in [0.25, 0.3) is 0 Å². The van der Waals surface area contributed by atoms with E-state index in [-0.39, 0.29) is 21.2 Å². The van der Waals surface area contributed by atoms with Gasteiger partial charge in [-0.2, -0.15) is 0 Å². The summed E-state index contributed by atoms with van der Waals surface area (Å²) in [7, 11) is 0. The van der Waals surface area contributed by atoms with Gasteiger partial charge in [0.1, 0.15) is 0 Å². The van der Waals surface area contributed by atoms with Crippen molar-refractivity contribution in [3.05, 3.63) is 61.7 Å². The van der Waals surface area contributed by atoms with Gasteiger partial charge >= 0.3 is 139 Å². The molecule has 2 rings (SSSR count). The van der Waals surface area contributed by atoms with Crippen LogP contribution in [-0.4, -0.2) is 6.61 Å². The van der Waals surface area contributed by atoms with Crippen molar-refractivity contribution in [2.24, 2.45) is 0 Å². The van der Waals surface area contributed by atoms with E-state index in [0.717, 1.165) is 12.4 Å². The maximum atomic E-state index is 5.97. The topological polar surface area (TPSA) is 9.23 Å². The molecule has 0 aliphatic carbocycles. The molecule has 0 saturated carbocycles. The maximum absolute atomic E-state index is 5.97. The minimum absolute atomic E-state index is 0.0799. The number of rotatable bonds is 27. The van der Waals surface area contributed by atoms with Gasteiger partial charge in [-0.05, 0) is 0 Å². The van der Waals surface area contributed by atoms with Crippen molar-refractivity contribution in [2.45, 2.75) is 155 Å². The summed E-state index contributed by atoms with van der Waals surface area (Å²) in [6.07, 6.45) is 33.0. The number of halogens is 1. The van der Waals surface area contributed by atoms with Gasteiger partial charge in [0, 0.05) is 0 Å². The molecule has 39 heavy (non-hydrogen) atoms. The molecule has 2 heteroatoms. The molecule has 1 nitrogen and oxygen atoms in total. The first-order valence-corrected chi connectivity index (χ1v) is 19.0. The zero-order valence-corrected chi connectivity index (χ0v) is 27.6. The third-order valence-electron chi connectivity index (χ3n) is 7.78. The molecule has 0 radical (unpaired) electrons. The molecule has 0 aliphatic heterocycles. The van der Waals surface area contributed by atoms with Crippen LogP contribution in [0.1, 0.15) is 155 Å². The Hall–Kier alpha value is -1.03. The molecule has 0 aromatic heterocycles. The van der Waals surface area contributed by atoms with E-state index in [9.17, 15) is 0 Å². The molecule has 0 unspecified atom stereocenters. The second-order valence-corrected chi connectivity index (χ2v) is 14.5. The quantitative estimate of drug-likeness (QED) is 0.0694. The number of unbranched alkanes of at least 4 members (excludes halogenated alkanes) is 22. The Morgan fingerprint density at radius 3 is 1.18 bits per heavy atom. The molecular formula is C37H60IO-. The van der Waals surface area contributed by atoms with Crippen LogP contribution in [0.25, 0.3) is 0 Å². The van der Waals surface area contributed by atoms with Crippen LogP contribution < -0.4 is 25.9 Å². The predicted octanol–water partition coefficient (Wildman–Crippen LogP) is 9.19. The Labute approximate surface area is 253 Å². The van der Waals surface area contributed by atoms with E-state index >= 15 is 0 Å². The number of benzene rings is 2. The normalized spacial score (nSPS) is 11.3. The Balaban J connectivity index is 1.25. The van der Waals surface area contributed by atoms with E-state index in [0.29, 0.717) is 0 Å². The van der Waals surface area contributed by atoms with Crippen LogP contribution in [0.15, 0.2) is 54.6 Å². The average Bonchev–Trinajstić information content (AvgIpc) is 2.97. The molecule has 0 atom stereocenters. The average molecular weight is 648 g/mol. The molecular weight excluding hydrogens is 587 g/mol. The van der Waals surface area contributed by atoms with Crippen LogP contribution in [0.4, 0.5) is 0 Å². The van der Waals surface area contributed by atoms with Crippen LogP contribution >= 0.6 is 0 Å². The Morgan fingerprint density at radius 1 is 0.410 bits per heavy atom. The molecule has 0 heterocycles. The molecule has 0 spiro atoms. The van der Waals surface area contributed by atoms with Crippen molar-refractivity contribution in [1.82, 2.24) is 0 Å². The summed E-state index contributed by atoms with van der Waals surface area (Å²) in [5, 5.41) is 0. The summed E-state index contributed by atoms with van der Waals surface area (Å²) in [4.78, 5) is 0. The summed E-state index contributed by atoms with van der Waals surface area (Å²) in [6.45, 7) is 3.16. The van der Waals surface area contributed by atoms with Crippen LogP contribution in [0, 0.1) is 7.14 Å². The summed E-state index contributed by atoms with van der Waals surface area (Å²) < 4.78 is 8.89. The first kappa shape index (κ1) is 34.2. The van der Waals surface area contributed by atoms with E-state index < -0.39 is 0 Å². The number of ether oxygens (including phenoxy) is 1. The second kappa shape index (κ2) is 25.9. The second-order valence-electron chi connectivity index (χ2n) is 11.5. The Morgan fingerprint density at radius 2 is 0.769 bits per heavy atom. The molecule has 0 fully saturated rings. The predicted molar refractivity (Wildman–Crippen MR) is 168 cm³/mol. The van der Waals surface area contributed by atoms with Gasteiger partial charge < -0.3 is 0 Å². The first-order valence-electron chi connectivity index (χ1n) is 16.8. The zero-order chi connectivity index (χ0) is 27.5. The zero-order valence-electron chi connectivity index (χ0n) is 25.5. The number of hydrogen-bond acceptors (Lipinski definition) is 1. The third kappa shape index (κ3) is 20.5. The van der Waals surface area contributed by atoms with Gasteiger partial charge in [0.05, 0.1) is 0 Å². The van der Waals surface area contributed by atoms with Gasteiger partial charge in [0.15, 0.2) is 0 Å². The van der Waals surface area contributed by atoms with E-state index in [1.165, 1.54) is 155 Å². The van der Waals surface area contributed by atoms with Crippen molar-refractivity contribution in [1.29, 1.82) is 0 Å². The standard InChI is InChI=1S/C37H60IO/c1-2-3-4-5-6-7-8-9-10-11-12-13-14-15-16-17-18-19-20-21-22-23-27-34-39-37-32-30-36(31-33-37)38-35-28-25-24-26-29-35/h24-26,28-33H,2-23,27,34H2,1H3/q-1. The Kier molecular flexibility index (Phi) is 22.7. The van der Waals surface area contributed by atoms with Crippen LogP contribution in [-0.2, 0) is 0 Å². The van der Waals surface area contributed by atoms with Gasteiger partial charge in [-0.25, -0.2) is 0 Å². The van der Waals surface area contributed by atoms with Crippen molar-refractivity contribution in [2.75, 3.05) is 6.61 Å². The molecule has 0 N–H and O–H groups in total. The van der Waals surface area contributed by atoms with Crippen LogP contribution in [0.3, 0.4) is 0 Å². The Bertz CT molecular complexity index is 757. The molecule has 0 bridgehead atoms. The SMILES string of the molecule is CCCCCCCCCCCCCCCCCCCCCCCCCOc1ccc([I-]c2ccccc2)cc1. The molecule has 2 aromatic carbocycles. The summed E-state index contributed by atoms with van der Waals surface area (Å²) in [6, 6.07) is 19.6. The first-order chi connectivity index (χ1) is 19.4. The van der Waals surface area contributed by atoms with Crippen molar-refractivity contribution in [3.8, 4) is 5.75 Å². The summed E-state index contributed by atoms with van der Waals surface area (Å²) in [5.41, 5.74) is 0. The molecule has 222 valence electrons. The molecule has 2 aromatic rings. The third-order valence-corrected chi connectivity index (χ3v) is 10.5. The summed E-state index contributed by atoms with van der Waals surface area (Å²) >= 11 is -0.0799. The van der Waals surface area contributed by atoms with E-state index in [1.807, 2.05) is 0 Å². The van der Waals surface area contributed by atoms with Crippen molar-refractivity contribution < 1.29 is 25.9 Å². The minimum atomic E-state index is -0.0799. The molecule has 0 aliphatic rings. The fraction of sp³-hybridized carbons (Fsp3) is 0.676. The van der Waals surface area contributed by atoms with Gasteiger partial charge in [-0.1, -0.05) is 116 Å². The fourth-order valence-electron chi connectivity index (χ4n) is 5.28. The molecule has 0 saturated heterocycles. The van der Waals surface area contributed by atoms with Crippen molar-refractivity contribution >= 4 is 0 Å². The van der Waals surface area contributed by atoms with Crippen LogP contribution in [0.2, 0.25) is 0 Å².